The Hall–Kier alpha value is -1.40. The summed E-state index contributed by atoms with van der Waals surface area (Å²) in [6, 6.07) is 6.30. The van der Waals surface area contributed by atoms with Gasteiger partial charge in [0.15, 0.2) is 0 Å². The lowest BCUT2D eigenvalue weighted by Gasteiger charge is -2.39. The van der Waals surface area contributed by atoms with Gasteiger partial charge in [0.2, 0.25) is 15.9 Å². The number of sulfonamides is 1. The lowest BCUT2D eigenvalue weighted by atomic mass is 9.67. The van der Waals surface area contributed by atoms with Crippen molar-refractivity contribution in [2.45, 2.75) is 64.3 Å². The van der Waals surface area contributed by atoms with E-state index < -0.39 is 10.0 Å². The van der Waals surface area contributed by atoms with Gasteiger partial charge in [-0.3, -0.25) is 4.79 Å². The van der Waals surface area contributed by atoms with Crippen LogP contribution in [0.4, 0.5) is 0 Å². The number of amides is 1. The van der Waals surface area contributed by atoms with E-state index in [-0.39, 0.29) is 22.3 Å². The van der Waals surface area contributed by atoms with Crippen LogP contribution in [0, 0.1) is 17.3 Å². The molecular formula is C20H32N2O3S. The van der Waals surface area contributed by atoms with E-state index in [2.05, 4.69) is 20.8 Å². The van der Waals surface area contributed by atoms with Gasteiger partial charge in [-0.2, -0.15) is 0 Å². The van der Waals surface area contributed by atoms with Gasteiger partial charge in [-0.15, -0.1) is 0 Å². The van der Waals surface area contributed by atoms with Gasteiger partial charge in [0.25, 0.3) is 0 Å². The third-order valence-electron chi connectivity index (χ3n) is 5.58. The molecule has 2 N–H and O–H groups in total. The SMILES string of the molecule is CC1CC(CC(=O)N(C)C(C)c2cccc(S(N)(=O)=O)c2)CC(C)(C)C1. The minimum atomic E-state index is -3.75. The molecule has 0 radical (unpaired) electrons. The van der Waals surface area contributed by atoms with Gasteiger partial charge >= 0.3 is 0 Å². The first-order chi connectivity index (χ1) is 11.9. The first kappa shape index (κ1) is 20.9. The molecule has 0 aliphatic heterocycles. The van der Waals surface area contributed by atoms with E-state index in [1.54, 1.807) is 24.1 Å². The fourth-order valence-electron chi connectivity index (χ4n) is 4.48. The molecule has 1 amide bonds. The van der Waals surface area contributed by atoms with Gasteiger partial charge in [-0.1, -0.05) is 32.9 Å². The van der Waals surface area contributed by atoms with E-state index in [9.17, 15) is 13.2 Å². The maximum Gasteiger partial charge on any atom is 0.238 e. The highest BCUT2D eigenvalue weighted by Crippen LogP contribution is 2.43. The highest BCUT2D eigenvalue weighted by Gasteiger charge is 2.33. The van der Waals surface area contributed by atoms with Crippen molar-refractivity contribution in [1.82, 2.24) is 4.90 Å². The molecule has 26 heavy (non-hydrogen) atoms. The Balaban J connectivity index is 2.08. The van der Waals surface area contributed by atoms with Crippen molar-refractivity contribution in [2.24, 2.45) is 22.4 Å². The molecule has 1 fully saturated rings. The third kappa shape index (κ3) is 5.30. The second-order valence-electron chi connectivity index (χ2n) is 8.78. The minimum absolute atomic E-state index is 0.0746. The Labute approximate surface area is 158 Å². The molecule has 3 atom stereocenters. The van der Waals surface area contributed by atoms with Gasteiger partial charge in [0.05, 0.1) is 10.9 Å². The average Bonchev–Trinajstić information content (AvgIpc) is 2.50. The Kier molecular flexibility index (Phi) is 6.18. The second kappa shape index (κ2) is 7.69. The second-order valence-corrected chi connectivity index (χ2v) is 10.3. The van der Waals surface area contributed by atoms with Crippen LogP contribution >= 0.6 is 0 Å². The largest absolute Gasteiger partial charge is 0.339 e. The number of hydrogen-bond acceptors (Lipinski definition) is 3. The number of benzene rings is 1. The summed E-state index contributed by atoms with van der Waals surface area (Å²) in [5, 5.41) is 5.22. The number of carbonyl (C=O) groups excluding carboxylic acids is 1. The summed E-state index contributed by atoms with van der Waals surface area (Å²) in [6.45, 7) is 8.74. The van der Waals surface area contributed by atoms with Gasteiger partial charge < -0.3 is 4.90 Å². The van der Waals surface area contributed by atoms with Crippen molar-refractivity contribution in [2.75, 3.05) is 7.05 Å². The number of rotatable bonds is 5. The van der Waals surface area contributed by atoms with Crippen LogP contribution in [-0.4, -0.2) is 26.3 Å². The number of hydrogen-bond donors (Lipinski definition) is 1. The zero-order valence-corrected chi connectivity index (χ0v) is 17.3. The van der Waals surface area contributed by atoms with Crippen molar-refractivity contribution in [3.05, 3.63) is 29.8 Å². The predicted molar refractivity (Wildman–Crippen MR) is 104 cm³/mol. The molecule has 1 saturated carbocycles. The average molecular weight is 381 g/mol. The number of primary sulfonamides is 1. The topological polar surface area (TPSA) is 80.5 Å². The molecule has 1 aliphatic rings. The van der Waals surface area contributed by atoms with Crippen molar-refractivity contribution < 1.29 is 13.2 Å². The van der Waals surface area contributed by atoms with E-state index in [1.807, 2.05) is 13.0 Å². The van der Waals surface area contributed by atoms with E-state index in [0.29, 0.717) is 18.3 Å². The summed E-state index contributed by atoms with van der Waals surface area (Å²) in [5.41, 5.74) is 1.06. The first-order valence-electron chi connectivity index (χ1n) is 9.27. The van der Waals surface area contributed by atoms with Gasteiger partial charge in [0, 0.05) is 13.5 Å². The monoisotopic (exact) mass is 380 g/mol. The first-order valence-corrected chi connectivity index (χ1v) is 10.8. The molecule has 2 rings (SSSR count). The van der Waals surface area contributed by atoms with Crippen LogP contribution in [0.15, 0.2) is 29.2 Å². The lowest BCUT2D eigenvalue weighted by Crippen LogP contribution is -2.34. The summed E-state index contributed by atoms with van der Waals surface area (Å²) in [5.74, 6) is 1.16. The maximum atomic E-state index is 12.8. The molecule has 6 heteroatoms. The van der Waals surface area contributed by atoms with Crippen LogP contribution in [0.2, 0.25) is 0 Å². The molecule has 1 aliphatic carbocycles. The van der Waals surface area contributed by atoms with Crippen LogP contribution in [0.5, 0.6) is 0 Å². The fraction of sp³-hybridized carbons (Fsp3) is 0.650. The Morgan fingerprint density at radius 1 is 1.35 bits per heavy atom. The van der Waals surface area contributed by atoms with Gasteiger partial charge in [-0.25, -0.2) is 13.6 Å². The Bertz CT molecular complexity index is 758. The normalized spacial score (nSPS) is 24.1. The smallest absolute Gasteiger partial charge is 0.238 e. The molecule has 1 aromatic carbocycles. The molecule has 0 spiro atoms. The zero-order chi connectivity index (χ0) is 19.7. The molecule has 0 saturated heterocycles. The number of nitrogens with two attached hydrogens (primary N) is 1. The van der Waals surface area contributed by atoms with Crippen LogP contribution in [0.1, 0.15) is 65.0 Å². The van der Waals surface area contributed by atoms with E-state index in [1.165, 1.54) is 12.5 Å². The molecule has 146 valence electrons. The third-order valence-corrected chi connectivity index (χ3v) is 6.50. The Morgan fingerprint density at radius 2 is 2.00 bits per heavy atom. The molecular weight excluding hydrogens is 348 g/mol. The zero-order valence-electron chi connectivity index (χ0n) is 16.5. The highest BCUT2D eigenvalue weighted by molar-refractivity contribution is 7.89. The summed E-state index contributed by atoms with van der Waals surface area (Å²) in [4.78, 5) is 14.6. The number of nitrogens with zero attached hydrogens (tertiary/aromatic N) is 1. The van der Waals surface area contributed by atoms with Crippen molar-refractivity contribution >= 4 is 15.9 Å². The van der Waals surface area contributed by atoms with Gasteiger partial charge in [0.1, 0.15) is 0 Å². The van der Waals surface area contributed by atoms with Crippen LogP contribution in [0.3, 0.4) is 0 Å². The number of carbonyl (C=O) groups is 1. The molecule has 0 bridgehead atoms. The van der Waals surface area contributed by atoms with Crippen LogP contribution in [0.25, 0.3) is 0 Å². The quantitative estimate of drug-likeness (QED) is 0.845. The van der Waals surface area contributed by atoms with Crippen molar-refractivity contribution in [1.29, 1.82) is 0 Å². The molecule has 5 nitrogen and oxygen atoms in total. The molecule has 0 aromatic heterocycles. The molecule has 3 unspecified atom stereocenters. The summed E-state index contributed by atoms with van der Waals surface area (Å²) in [7, 11) is -1.96. The maximum absolute atomic E-state index is 12.8. The predicted octanol–water partition coefficient (Wildman–Crippen LogP) is 3.71. The molecule has 0 heterocycles. The van der Waals surface area contributed by atoms with E-state index in [0.717, 1.165) is 18.4 Å². The van der Waals surface area contributed by atoms with Gasteiger partial charge in [-0.05, 0) is 61.1 Å². The van der Waals surface area contributed by atoms with Crippen LogP contribution < -0.4 is 5.14 Å². The van der Waals surface area contributed by atoms with Crippen LogP contribution in [-0.2, 0) is 14.8 Å². The van der Waals surface area contributed by atoms with Crippen molar-refractivity contribution in [3.63, 3.8) is 0 Å². The Morgan fingerprint density at radius 3 is 2.58 bits per heavy atom. The van der Waals surface area contributed by atoms with E-state index >= 15 is 0 Å². The standard InChI is InChI=1S/C20H32N2O3S/c1-14-9-16(13-20(3,4)12-14)10-19(23)22(5)15(2)17-7-6-8-18(11-17)26(21,24)25/h6-8,11,14-16H,9-10,12-13H2,1-5H3,(H2,21,24,25). The summed E-state index contributed by atoms with van der Waals surface area (Å²) in [6.07, 6.45) is 3.93. The van der Waals surface area contributed by atoms with E-state index in [4.69, 9.17) is 5.14 Å². The summed E-state index contributed by atoms with van der Waals surface area (Å²) >= 11 is 0. The fourth-order valence-corrected chi connectivity index (χ4v) is 5.05. The summed E-state index contributed by atoms with van der Waals surface area (Å²) < 4.78 is 23.1. The lowest BCUT2D eigenvalue weighted by molar-refractivity contribution is -0.133. The minimum Gasteiger partial charge on any atom is -0.339 e. The molecule has 1 aromatic rings. The highest BCUT2D eigenvalue weighted by atomic mass is 32.2. The van der Waals surface area contributed by atoms with Crippen molar-refractivity contribution in [3.8, 4) is 0 Å².